The van der Waals surface area contributed by atoms with Crippen LogP contribution in [0.2, 0.25) is 0 Å². The zero-order chi connectivity index (χ0) is 21.5. The van der Waals surface area contributed by atoms with Crippen molar-refractivity contribution in [3.05, 3.63) is 40.3 Å². The van der Waals surface area contributed by atoms with Crippen molar-refractivity contribution in [1.82, 2.24) is 16.0 Å². The van der Waals surface area contributed by atoms with Crippen molar-refractivity contribution in [3.8, 4) is 0 Å². The number of urea groups is 1. The fourth-order valence-electron chi connectivity index (χ4n) is 3.73. The van der Waals surface area contributed by atoms with Gasteiger partial charge in [-0.3, -0.25) is 4.79 Å². The van der Waals surface area contributed by atoms with Crippen LogP contribution in [0.4, 0.5) is 10.5 Å². The summed E-state index contributed by atoms with van der Waals surface area (Å²) in [5, 5.41) is 21.7. The molecule has 2 heterocycles. The predicted molar refractivity (Wildman–Crippen MR) is 112 cm³/mol. The van der Waals surface area contributed by atoms with E-state index in [0.717, 1.165) is 24.2 Å². The molecule has 1 aromatic carbocycles. The molecule has 2 aliphatic heterocycles. The maximum absolute atomic E-state index is 12.2. The summed E-state index contributed by atoms with van der Waals surface area (Å²) in [4.78, 5) is 37.8. The van der Waals surface area contributed by atoms with Crippen LogP contribution in [0.3, 0.4) is 0 Å². The second kappa shape index (κ2) is 10.2. The number of thioether (sulfide) groups is 1. The Hall–Kier alpha value is -2.91. The number of amides is 3. The van der Waals surface area contributed by atoms with E-state index in [-0.39, 0.29) is 36.9 Å². The number of nitrogens with one attached hydrogen (secondary N) is 3. The van der Waals surface area contributed by atoms with Crippen LogP contribution >= 0.6 is 11.8 Å². The smallest absolute Gasteiger partial charge is 0.326 e. The number of carboxylic acids is 1. The molecule has 4 N–H and O–H groups in total. The Kier molecular flexibility index (Phi) is 7.42. The van der Waals surface area contributed by atoms with E-state index in [4.69, 9.17) is 5.53 Å². The number of hydrogen-bond donors (Lipinski definition) is 4. The van der Waals surface area contributed by atoms with E-state index in [1.54, 1.807) is 24.3 Å². The van der Waals surface area contributed by atoms with Gasteiger partial charge in [-0.05, 0) is 23.9 Å². The van der Waals surface area contributed by atoms with Gasteiger partial charge in [0.1, 0.15) is 6.04 Å². The minimum absolute atomic E-state index is 0.109. The van der Waals surface area contributed by atoms with Gasteiger partial charge in [-0.1, -0.05) is 35.8 Å². The fourth-order valence-corrected chi connectivity index (χ4v) is 5.27. The molecule has 1 aromatic rings. The molecule has 0 aliphatic carbocycles. The number of rotatable bonds is 10. The largest absolute Gasteiger partial charge is 0.480 e. The Morgan fingerprint density at radius 3 is 2.77 bits per heavy atom. The number of azide groups is 1. The first kappa shape index (κ1) is 21.8. The lowest BCUT2D eigenvalue weighted by Gasteiger charge is -2.17. The lowest BCUT2D eigenvalue weighted by atomic mass is 10.0. The summed E-state index contributed by atoms with van der Waals surface area (Å²) in [5.41, 5.74) is 9.58. The predicted octanol–water partition coefficient (Wildman–Crippen LogP) is 2.47. The number of nitrogens with zero attached hydrogens (tertiary/aromatic N) is 3. The highest BCUT2D eigenvalue weighted by atomic mass is 32.2. The van der Waals surface area contributed by atoms with Crippen LogP contribution in [-0.2, 0) is 16.0 Å². The van der Waals surface area contributed by atoms with E-state index in [2.05, 4.69) is 26.0 Å². The number of carbonyl (C=O) groups is 3. The van der Waals surface area contributed by atoms with E-state index in [1.807, 2.05) is 11.8 Å². The number of unbranched alkanes of at least 4 members (excludes halogenated alkanes) is 1. The Bertz CT molecular complexity index is 842. The highest BCUT2D eigenvalue weighted by Gasteiger charge is 2.42. The van der Waals surface area contributed by atoms with Crippen LogP contribution in [0.15, 0.2) is 29.4 Å². The number of carboxylic acid groups (broad SMARTS) is 1. The van der Waals surface area contributed by atoms with E-state index < -0.39 is 12.0 Å². The summed E-state index contributed by atoms with van der Waals surface area (Å²) in [7, 11) is 0. The average molecular weight is 433 g/mol. The number of benzene rings is 1. The van der Waals surface area contributed by atoms with E-state index in [9.17, 15) is 19.5 Å². The van der Waals surface area contributed by atoms with Crippen molar-refractivity contribution in [2.24, 2.45) is 5.11 Å². The summed E-state index contributed by atoms with van der Waals surface area (Å²) in [5.74, 6) is -0.486. The molecule has 2 fully saturated rings. The minimum Gasteiger partial charge on any atom is -0.480 e. The van der Waals surface area contributed by atoms with Gasteiger partial charge in [-0.25, -0.2) is 9.59 Å². The molecule has 3 rings (SSSR count). The monoisotopic (exact) mass is 432 g/mol. The third kappa shape index (κ3) is 5.80. The van der Waals surface area contributed by atoms with E-state index in [0.29, 0.717) is 17.4 Å². The lowest BCUT2D eigenvalue weighted by molar-refractivity contribution is -0.141. The quantitative estimate of drug-likeness (QED) is 0.147. The van der Waals surface area contributed by atoms with Crippen LogP contribution < -0.4 is 16.0 Å². The first-order chi connectivity index (χ1) is 14.5. The first-order valence-corrected chi connectivity index (χ1v) is 10.9. The minimum atomic E-state index is -1.10. The molecule has 0 saturated carbocycles. The topological polar surface area (TPSA) is 156 Å². The Labute approximate surface area is 177 Å². The van der Waals surface area contributed by atoms with Crippen molar-refractivity contribution in [2.45, 2.75) is 55.5 Å². The van der Waals surface area contributed by atoms with Crippen molar-refractivity contribution in [3.63, 3.8) is 0 Å². The molecule has 160 valence electrons. The molecule has 0 aromatic heterocycles. The molecule has 10 nitrogen and oxygen atoms in total. The second-order valence-electron chi connectivity index (χ2n) is 7.39. The molecule has 0 bridgehead atoms. The highest BCUT2D eigenvalue weighted by Crippen LogP contribution is 2.33. The Morgan fingerprint density at radius 2 is 2.07 bits per heavy atom. The number of hydrogen-bond acceptors (Lipinski definition) is 5. The Balaban J connectivity index is 1.40. The van der Waals surface area contributed by atoms with Crippen LogP contribution in [0, 0.1) is 0 Å². The zero-order valence-corrected chi connectivity index (χ0v) is 17.1. The summed E-state index contributed by atoms with van der Waals surface area (Å²) < 4.78 is 0. The van der Waals surface area contributed by atoms with Gasteiger partial charge in [-0.15, -0.1) is 0 Å². The number of fused-ring (bicyclic) bond motifs is 1. The number of aliphatic carboxylic acids is 1. The van der Waals surface area contributed by atoms with Gasteiger partial charge in [-0.2, -0.15) is 11.8 Å². The van der Waals surface area contributed by atoms with Crippen molar-refractivity contribution in [2.75, 3.05) is 5.75 Å². The molecule has 3 amide bonds. The van der Waals surface area contributed by atoms with Crippen LogP contribution in [0.5, 0.6) is 0 Å². The molecule has 0 unspecified atom stereocenters. The van der Waals surface area contributed by atoms with Crippen molar-refractivity contribution >= 4 is 35.4 Å². The van der Waals surface area contributed by atoms with Gasteiger partial charge in [0.25, 0.3) is 0 Å². The molecular formula is C19H24N6O4S. The molecular weight excluding hydrogens is 408 g/mol. The Morgan fingerprint density at radius 1 is 1.30 bits per heavy atom. The maximum Gasteiger partial charge on any atom is 0.326 e. The SMILES string of the molecule is [N-]=[N+]=Nc1ccc(C[C@H](NC(=O)CCCC[C@@H]2SC[C@@H]3NC(=O)N[C@@H]32)C(=O)O)cc1. The third-order valence-corrected chi connectivity index (χ3v) is 6.76. The summed E-state index contributed by atoms with van der Waals surface area (Å²) in [6.45, 7) is 0. The standard InChI is InChI=1S/C19H24N6O4S/c20-25-24-12-7-5-11(6-8-12)9-13(18(27)28)21-16(26)4-2-1-3-15-17-14(10-30-15)22-19(29)23-17/h5-8,13-15,17H,1-4,9-10H2,(H,21,26)(H,27,28)(H2,22,23,29)/t13-,14-,15-,17-/m0/s1. The normalized spacial score (nSPS) is 22.9. The maximum atomic E-state index is 12.2. The number of carbonyl (C=O) groups excluding carboxylic acids is 2. The van der Waals surface area contributed by atoms with Gasteiger partial charge >= 0.3 is 12.0 Å². The lowest BCUT2D eigenvalue weighted by Crippen LogP contribution is -2.42. The molecule has 2 saturated heterocycles. The van der Waals surface area contributed by atoms with E-state index >= 15 is 0 Å². The molecule has 4 atom stereocenters. The highest BCUT2D eigenvalue weighted by molar-refractivity contribution is 8.00. The van der Waals surface area contributed by atoms with Crippen molar-refractivity contribution < 1.29 is 19.5 Å². The average Bonchev–Trinajstić information content (AvgIpc) is 3.25. The zero-order valence-electron chi connectivity index (χ0n) is 16.3. The van der Waals surface area contributed by atoms with Crippen LogP contribution in [0.25, 0.3) is 10.4 Å². The summed E-state index contributed by atoms with van der Waals surface area (Å²) in [6.07, 6.45) is 2.81. The van der Waals surface area contributed by atoms with E-state index in [1.165, 1.54) is 0 Å². The summed E-state index contributed by atoms with van der Waals surface area (Å²) in [6, 6.07) is 5.76. The van der Waals surface area contributed by atoms with Gasteiger partial charge < -0.3 is 21.1 Å². The van der Waals surface area contributed by atoms with Gasteiger partial charge in [0.15, 0.2) is 0 Å². The van der Waals surface area contributed by atoms with Crippen LogP contribution in [-0.4, -0.2) is 52.1 Å². The molecule has 0 spiro atoms. The third-order valence-electron chi connectivity index (χ3n) is 5.25. The molecule has 30 heavy (non-hydrogen) atoms. The van der Waals surface area contributed by atoms with Gasteiger partial charge in [0.2, 0.25) is 5.91 Å². The second-order valence-corrected chi connectivity index (χ2v) is 8.66. The van der Waals surface area contributed by atoms with Gasteiger partial charge in [0, 0.05) is 34.4 Å². The van der Waals surface area contributed by atoms with Crippen LogP contribution in [0.1, 0.15) is 31.2 Å². The van der Waals surface area contributed by atoms with Crippen molar-refractivity contribution in [1.29, 1.82) is 0 Å². The molecule has 2 aliphatic rings. The van der Waals surface area contributed by atoms with Gasteiger partial charge in [0.05, 0.1) is 12.1 Å². The fraction of sp³-hybridized carbons (Fsp3) is 0.526. The first-order valence-electron chi connectivity index (χ1n) is 9.81. The summed E-state index contributed by atoms with van der Waals surface area (Å²) >= 11 is 1.83. The molecule has 11 heteroatoms. The molecule has 0 radical (unpaired) electrons.